The maximum atomic E-state index is 12.8. The maximum Gasteiger partial charge on any atom is 0.225 e. The molecule has 4 rings (SSSR count). The number of carbonyl (C=O) groups excluding carboxylic acids is 1. The van der Waals surface area contributed by atoms with Crippen molar-refractivity contribution in [3.8, 4) is 0 Å². The third-order valence-corrected chi connectivity index (χ3v) is 6.54. The molecular weight excluding hydrogens is 507 g/mol. The lowest BCUT2D eigenvalue weighted by atomic mass is 9.94. The number of rotatable bonds is 4. The van der Waals surface area contributed by atoms with Crippen LogP contribution in [0.5, 0.6) is 0 Å². The van der Waals surface area contributed by atoms with E-state index in [1.54, 1.807) is 0 Å². The number of guanidine groups is 1. The van der Waals surface area contributed by atoms with Crippen LogP contribution in [0.4, 0.5) is 0 Å². The quantitative estimate of drug-likeness (QED) is 0.360. The van der Waals surface area contributed by atoms with Gasteiger partial charge in [-0.3, -0.25) is 9.79 Å². The zero-order valence-electron chi connectivity index (χ0n) is 18.4. The van der Waals surface area contributed by atoms with E-state index in [-0.39, 0.29) is 36.0 Å². The van der Waals surface area contributed by atoms with E-state index in [4.69, 9.17) is 9.47 Å². The second-order valence-electron chi connectivity index (χ2n) is 8.38. The van der Waals surface area contributed by atoms with Gasteiger partial charge in [0.1, 0.15) is 0 Å². The first-order valence-corrected chi connectivity index (χ1v) is 11.2. The fourth-order valence-corrected chi connectivity index (χ4v) is 4.79. The number of hydrogen-bond acceptors (Lipinski definition) is 4. The van der Waals surface area contributed by atoms with Crippen molar-refractivity contribution >= 4 is 35.8 Å². The highest BCUT2D eigenvalue weighted by atomic mass is 127. The van der Waals surface area contributed by atoms with E-state index < -0.39 is 0 Å². The topological polar surface area (TPSA) is 66.4 Å². The average molecular weight is 542 g/mol. The van der Waals surface area contributed by atoms with E-state index >= 15 is 0 Å². The van der Waals surface area contributed by atoms with Crippen LogP contribution in [0.15, 0.2) is 35.3 Å². The molecule has 3 saturated heterocycles. The Labute approximate surface area is 202 Å². The van der Waals surface area contributed by atoms with E-state index in [1.807, 2.05) is 18.0 Å². The minimum atomic E-state index is 0. The number of nitrogens with one attached hydrogen (secondary N) is 1. The smallest absolute Gasteiger partial charge is 0.225 e. The number of hydrogen-bond donors (Lipinski definition) is 1. The van der Waals surface area contributed by atoms with Gasteiger partial charge in [0, 0.05) is 58.2 Å². The highest BCUT2D eigenvalue weighted by Crippen LogP contribution is 2.34. The molecule has 1 aromatic carbocycles. The predicted molar refractivity (Wildman–Crippen MR) is 132 cm³/mol. The van der Waals surface area contributed by atoms with Crippen molar-refractivity contribution in [3.63, 3.8) is 0 Å². The van der Waals surface area contributed by atoms with Crippen LogP contribution in [-0.4, -0.2) is 81.3 Å². The van der Waals surface area contributed by atoms with Gasteiger partial charge in [0.25, 0.3) is 0 Å². The molecular formula is C23H35IN4O3. The van der Waals surface area contributed by atoms with Crippen LogP contribution in [0.3, 0.4) is 0 Å². The van der Waals surface area contributed by atoms with Crippen LogP contribution in [0, 0.1) is 11.8 Å². The molecule has 3 aliphatic rings. The highest BCUT2D eigenvalue weighted by Gasteiger charge is 2.32. The van der Waals surface area contributed by atoms with Gasteiger partial charge in [-0.1, -0.05) is 30.3 Å². The number of amides is 1. The van der Waals surface area contributed by atoms with Crippen molar-refractivity contribution in [2.75, 3.05) is 59.6 Å². The minimum absolute atomic E-state index is 0. The first-order chi connectivity index (χ1) is 14.8. The SMILES string of the molecule is CN=C(NCC1CCOC1c1ccccc1)N1CCC(C(=O)N2CCOCC2)CC1.I. The van der Waals surface area contributed by atoms with Crippen LogP contribution in [0.25, 0.3) is 0 Å². The summed E-state index contributed by atoms with van der Waals surface area (Å²) in [5.41, 5.74) is 1.25. The van der Waals surface area contributed by atoms with Gasteiger partial charge in [0.2, 0.25) is 5.91 Å². The van der Waals surface area contributed by atoms with Crippen LogP contribution < -0.4 is 5.32 Å². The van der Waals surface area contributed by atoms with Crippen molar-refractivity contribution in [1.29, 1.82) is 0 Å². The molecule has 31 heavy (non-hydrogen) atoms. The number of carbonyl (C=O) groups is 1. The first kappa shape index (κ1) is 24.3. The second-order valence-corrected chi connectivity index (χ2v) is 8.38. The summed E-state index contributed by atoms with van der Waals surface area (Å²) in [5.74, 6) is 1.80. The molecule has 0 spiro atoms. The van der Waals surface area contributed by atoms with Gasteiger partial charge in [-0.15, -0.1) is 24.0 Å². The standard InChI is InChI=1S/C23H34N4O3.HI/c1-24-23(25-17-20-9-14-30-21(20)18-5-3-2-4-6-18)27-10-7-19(8-11-27)22(28)26-12-15-29-16-13-26;/h2-6,19-21H,7-17H2,1H3,(H,24,25);1H. The molecule has 0 aliphatic carbocycles. The number of ether oxygens (including phenoxy) is 2. The van der Waals surface area contributed by atoms with Gasteiger partial charge < -0.3 is 24.6 Å². The Kier molecular flexibility index (Phi) is 9.40. The van der Waals surface area contributed by atoms with E-state index in [0.717, 1.165) is 64.6 Å². The number of likely N-dealkylation sites (tertiary alicyclic amines) is 1. The van der Waals surface area contributed by atoms with Crippen molar-refractivity contribution in [3.05, 3.63) is 35.9 Å². The van der Waals surface area contributed by atoms with Crippen molar-refractivity contribution in [2.45, 2.75) is 25.4 Å². The average Bonchev–Trinajstić information content (AvgIpc) is 3.29. The Morgan fingerprint density at radius 1 is 1.03 bits per heavy atom. The number of morpholine rings is 1. The van der Waals surface area contributed by atoms with E-state index in [9.17, 15) is 4.79 Å². The molecule has 0 bridgehead atoms. The van der Waals surface area contributed by atoms with E-state index in [1.165, 1.54) is 5.56 Å². The van der Waals surface area contributed by atoms with Gasteiger partial charge >= 0.3 is 0 Å². The normalized spacial score (nSPS) is 25.3. The Bertz CT molecular complexity index is 719. The summed E-state index contributed by atoms with van der Waals surface area (Å²) in [6.07, 6.45) is 2.97. The number of piperidine rings is 1. The molecule has 3 fully saturated rings. The molecule has 172 valence electrons. The lowest BCUT2D eigenvalue weighted by Gasteiger charge is -2.37. The summed E-state index contributed by atoms with van der Waals surface area (Å²) in [5, 5.41) is 3.57. The molecule has 0 radical (unpaired) electrons. The van der Waals surface area contributed by atoms with Gasteiger partial charge in [0.15, 0.2) is 5.96 Å². The maximum absolute atomic E-state index is 12.8. The Morgan fingerprint density at radius 3 is 2.42 bits per heavy atom. The van der Waals surface area contributed by atoms with Gasteiger partial charge in [-0.25, -0.2) is 0 Å². The van der Waals surface area contributed by atoms with E-state index in [0.29, 0.717) is 25.0 Å². The largest absolute Gasteiger partial charge is 0.378 e. The minimum Gasteiger partial charge on any atom is -0.378 e. The second kappa shape index (κ2) is 12.0. The van der Waals surface area contributed by atoms with Crippen LogP contribution >= 0.6 is 24.0 Å². The number of nitrogens with zero attached hydrogens (tertiary/aromatic N) is 3. The molecule has 1 aromatic rings. The molecule has 7 nitrogen and oxygen atoms in total. The van der Waals surface area contributed by atoms with Crippen molar-refractivity contribution < 1.29 is 14.3 Å². The number of aliphatic imine (C=N–C) groups is 1. The lowest BCUT2D eigenvalue weighted by Crippen LogP contribution is -2.50. The van der Waals surface area contributed by atoms with Gasteiger partial charge in [-0.2, -0.15) is 0 Å². The monoisotopic (exact) mass is 542 g/mol. The summed E-state index contributed by atoms with van der Waals surface area (Å²) in [6.45, 7) is 6.17. The third kappa shape index (κ3) is 6.10. The molecule has 8 heteroatoms. The van der Waals surface area contributed by atoms with Crippen LogP contribution in [-0.2, 0) is 14.3 Å². The van der Waals surface area contributed by atoms with Gasteiger partial charge in [-0.05, 0) is 24.8 Å². The fraction of sp³-hybridized carbons (Fsp3) is 0.652. The number of halogens is 1. The summed E-state index contributed by atoms with van der Waals surface area (Å²) in [4.78, 5) is 21.5. The lowest BCUT2D eigenvalue weighted by molar-refractivity contribution is -0.140. The molecule has 2 unspecified atom stereocenters. The molecule has 3 heterocycles. The summed E-state index contributed by atoms with van der Waals surface area (Å²) < 4.78 is 11.4. The summed E-state index contributed by atoms with van der Waals surface area (Å²) in [6, 6.07) is 10.5. The van der Waals surface area contributed by atoms with Crippen LogP contribution in [0.1, 0.15) is 30.9 Å². The first-order valence-electron chi connectivity index (χ1n) is 11.2. The molecule has 3 aliphatic heterocycles. The summed E-state index contributed by atoms with van der Waals surface area (Å²) in [7, 11) is 1.84. The van der Waals surface area contributed by atoms with Crippen molar-refractivity contribution in [1.82, 2.24) is 15.1 Å². The van der Waals surface area contributed by atoms with Crippen LogP contribution in [0.2, 0.25) is 0 Å². The Morgan fingerprint density at radius 2 is 1.74 bits per heavy atom. The zero-order valence-corrected chi connectivity index (χ0v) is 20.7. The third-order valence-electron chi connectivity index (χ3n) is 6.54. The zero-order chi connectivity index (χ0) is 20.8. The Hall–Kier alpha value is -1.39. The molecule has 2 atom stereocenters. The molecule has 1 amide bonds. The number of benzene rings is 1. The Balaban J connectivity index is 0.00000272. The van der Waals surface area contributed by atoms with Crippen molar-refractivity contribution in [2.24, 2.45) is 16.8 Å². The molecule has 0 aromatic heterocycles. The predicted octanol–water partition coefficient (Wildman–Crippen LogP) is 2.53. The highest BCUT2D eigenvalue weighted by molar-refractivity contribution is 14.0. The fourth-order valence-electron chi connectivity index (χ4n) is 4.79. The molecule has 1 N–H and O–H groups in total. The van der Waals surface area contributed by atoms with E-state index in [2.05, 4.69) is 39.5 Å². The molecule has 0 saturated carbocycles. The summed E-state index contributed by atoms with van der Waals surface area (Å²) >= 11 is 0. The van der Waals surface area contributed by atoms with Gasteiger partial charge in [0.05, 0.1) is 19.3 Å².